The molecule has 0 amide bonds. The molecule has 0 bridgehead atoms. The van der Waals surface area contributed by atoms with Crippen LogP contribution in [0.5, 0.6) is 0 Å². The number of hydrogen-bond acceptors (Lipinski definition) is 6. The normalized spacial score (nSPS) is 19.8. The molecule has 0 spiro atoms. The fourth-order valence-electron chi connectivity index (χ4n) is 3.35. The summed E-state index contributed by atoms with van der Waals surface area (Å²) in [5.74, 6) is 0.861. The van der Waals surface area contributed by atoms with Gasteiger partial charge in [-0.2, -0.15) is 0 Å². The number of piperazine rings is 1. The summed E-state index contributed by atoms with van der Waals surface area (Å²) < 4.78 is 1.92. The minimum absolute atomic E-state index is 0.583. The van der Waals surface area contributed by atoms with E-state index in [0.29, 0.717) is 10.7 Å². The second kappa shape index (κ2) is 5.01. The number of pyridine rings is 1. The van der Waals surface area contributed by atoms with Gasteiger partial charge in [-0.3, -0.25) is 9.30 Å². The summed E-state index contributed by atoms with van der Waals surface area (Å²) in [6, 6.07) is 2.67. The first-order chi connectivity index (χ1) is 11.3. The van der Waals surface area contributed by atoms with Gasteiger partial charge in [-0.1, -0.05) is 11.6 Å². The van der Waals surface area contributed by atoms with Gasteiger partial charge in [-0.15, -0.1) is 10.2 Å². The molecule has 7 nitrogen and oxygen atoms in total. The first-order valence-electron chi connectivity index (χ1n) is 7.93. The van der Waals surface area contributed by atoms with Gasteiger partial charge in [0, 0.05) is 38.4 Å². The van der Waals surface area contributed by atoms with Crippen molar-refractivity contribution in [2.24, 2.45) is 0 Å². The van der Waals surface area contributed by atoms with E-state index in [4.69, 9.17) is 16.6 Å². The third-order valence-corrected chi connectivity index (χ3v) is 4.92. The Hall–Kier alpha value is -1.99. The van der Waals surface area contributed by atoms with Crippen LogP contribution in [-0.4, -0.2) is 61.7 Å². The average molecular weight is 330 g/mol. The fraction of sp³-hybridized carbons (Fsp3) is 0.467. The van der Waals surface area contributed by atoms with E-state index in [-0.39, 0.29) is 0 Å². The van der Waals surface area contributed by atoms with Gasteiger partial charge in [-0.05, 0) is 18.9 Å². The number of aromatic nitrogens is 5. The van der Waals surface area contributed by atoms with Crippen LogP contribution in [0.3, 0.4) is 0 Å². The number of fused-ring (bicyclic) bond motifs is 3. The largest absolute Gasteiger partial charge is 0.351 e. The molecule has 23 heavy (non-hydrogen) atoms. The van der Waals surface area contributed by atoms with E-state index in [1.54, 1.807) is 12.5 Å². The molecule has 1 saturated heterocycles. The highest BCUT2D eigenvalue weighted by Gasteiger charge is 2.32. The Kier molecular flexibility index (Phi) is 2.93. The molecule has 4 heterocycles. The lowest BCUT2D eigenvalue weighted by Gasteiger charge is -2.35. The Morgan fingerprint density at radius 2 is 1.96 bits per heavy atom. The number of rotatable bonds is 2. The van der Waals surface area contributed by atoms with Crippen molar-refractivity contribution in [3.63, 3.8) is 0 Å². The van der Waals surface area contributed by atoms with Gasteiger partial charge in [0.05, 0.1) is 10.5 Å². The van der Waals surface area contributed by atoms with Gasteiger partial charge in [0.15, 0.2) is 11.5 Å². The Morgan fingerprint density at radius 3 is 2.74 bits per heavy atom. The molecule has 0 radical (unpaired) electrons. The van der Waals surface area contributed by atoms with Crippen LogP contribution in [0.15, 0.2) is 18.6 Å². The molecule has 2 fully saturated rings. The van der Waals surface area contributed by atoms with E-state index in [0.717, 1.165) is 49.2 Å². The average Bonchev–Trinajstić information content (AvgIpc) is 3.31. The molecular weight excluding hydrogens is 314 g/mol. The van der Waals surface area contributed by atoms with E-state index >= 15 is 0 Å². The molecule has 0 N–H and O–H groups in total. The molecule has 0 atom stereocenters. The zero-order chi connectivity index (χ0) is 15.4. The minimum atomic E-state index is 0.583. The molecular formula is C15H16ClN7. The summed E-state index contributed by atoms with van der Waals surface area (Å²) in [5.41, 5.74) is 2.26. The number of nitrogens with zero attached hydrogens (tertiary/aromatic N) is 7. The van der Waals surface area contributed by atoms with Crippen LogP contribution in [0, 0.1) is 0 Å². The highest BCUT2D eigenvalue weighted by Crippen LogP contribution is 2.29. The summed E-state index contributed by atoms with van der Waals surface area (Å²) in [6.45, 7) is 4.09. The van der Waals surface area contributed by atoms with Crippen LogP contribution in [-0.2, 0) is 0 Å². The third-order valence-electron chi connectivity index (χ3n) is 4.71. The Labute approximate surface area is 137 Å². The highest BCUT2D eigenvalue weighted by molar-refractivity contribution is 6.31. The van der Waals surface area contributed by atoms with Crippen LogP contribution < -0.4 is 4.90 Å². The van der Waals surface area contributed by atoms with Crippen molar-refractivity contribution in [1.82, 2.24) is 29.5 Å². The monoisotopic (exact) mass is 329 g/mol. The molecule has 3 aromatic heterocycles. The van der Waals surface area contributed by atoms with E-state index in [9.17, 15) is 0 Å². The molecule has 5 rings (SSSR count). The highest BCUT2D eigenvalue weighted by atomic mass is 35.5. The zero-order valence-electron chi connectivity index (χ0n) is 12.6. The predicted molar refractivity (Wildman–Crippen MR) is 87.9 cm³/mol. The van der Waals surface area contributed by atoms with Crippen LogP contribution in [0.1, 0.15) is 12.8 Å². The summed E-state index contributed by atoms with van der Waals surface area (Å²) in [5, 5.41) is 8.90. The van der Waals surface area contributed by atoms with Crippen LogP contribution >= 0.6 is 11.6 Å². The molecule has 0 unspecified atom stereocenters. The molecule has 8 heteroatoms. The van der Waals surface area contributed by atoms with Crippen molar-refractivity contribution in [2.45, 2.75) is 18.9 Å². The maximum atomic E-state index is 6.07. The Bertz CT molecular complexity index is 880. The summed E-state index contributed by atoms with van der Waals surface area (Å²) in [4.78, 5) is 14.0. The van der Waals surface area contributed by atoms with Gasteiger partial charge in [-0.25, -0.2) is 9.97 Å². The van der Waals surface area contributed by atoms with E-state index < -0.39 is 0 Å². The van der Waals surface area contributed by atoms with Crippen LogP contribution in [0.2, 0.25) is 5.02 Å². The second-order valence-corrected chi connectivity index (χ2v) is 6.65. The minimum Gasteiger partial charge on any atom is -0.351 e. The van der Waals surface area contributed by atoms with Gasteiger partial charge in [0.1, 0.15) is 6.33 Å². The fourth-order valence-corrected chi connectivity index (χ4v) is 3.50. The van der Waals surface area contributed by atoms with E-state index in [2.05, 4.69) is 25.0 Å². The summed E-state index contributed by atoms with van der Waals surface area (Å²) >= 11 is 6.07. The number of anilines is 1. The lowest BCUT2D eigenvalue weighted by atomic mass is 10.3. The van der Waals surface area contributed by atoms with E-state index in [1.807, 2.05) is 10.5 Å². The van der Waals surface area contributed by atoms with Crippen LogP contribution in [0.4, 0.5) is 5.82 Å². The predicted octanol–water partition coefficient (Wildman–Crippen LogP) is 1.61. The summed E-state index contributed by atoms with van der Waals surface area (Å²) in [7, 11) is 0. The number of hydrogen-bond donors (Lipinski definition) is 0. The SMILES string of the molecule is Clc1cnc2nc(N3CCN(C4CC4)CC3)c3nncn3c2c1. The molecule has 2 aliphatic rings. The summed E-state index contributed by atoms with van der Waals surface area (Å²) in [6.07, 6.45) is 6.03. The smallest absolute Gasteiger partial charge is 0.204 e. The quantitative estimate of drug-likeness (QED) is 0.712. The van der Waals surface area contributed by atoms with Crippen molar-refractivity contribution >= 4 is 34.2 Å². The maximum Gasteiger partial charge on any atom is 0.204 e. The van der Waals surface area contributed by atoms with Crippen molar-refractivity contribution in [1.29, 1.82) is 0 Å². The van der Waals surface area contributed by atoms with Gasteiger partial charge < -0.3 is 4.90 Å². The van der Waals surface area contributed by atoms with Crippen molar-refractivity contribution in [2.75, 3.05) is 31.1 Å². The van der Waals surface area contributed by atoms with Crippen molar-refractivity contribution in [3.8, 4) is 0 Å². The topological polar surface area (TPSA) is 62.5 Å². The van der Waals surface area contributed by atoms with E-state index in [1.165, 1.54) is 12.8 Å². The molecule has 3 aromatic rings. The third kappa shape index (κ3) is 2.22. The van der Waals surface area contributed by atoms with Gasteiger partial charge in [0.25, 0.3) is 0 Å². The van der Waals surface area contributed by atoms with Gasteiger partial charge in [0.2, 0.25) is 5.65 Å². The molecule has 1 aliphatic carbocycles. The lowest BCUT2D eigenvalue weighted by Crippen LogP contribution is -2.47. The Morgan fingerprint density at radius 1 is 1.13 bits per heavy atom. The number of halogens is 1. The first-order valence-corrected chi connectivity index (χ1v) is 8.31. The standard InChI is InChI=1S/C15H16ClN7/c16-10-7-12-13(17-8-10)19-14(15-20-18-9-23(12)15)22-5-3-21(4-6-22)11-1-2-11/h7-9,11H,1-6H2. The molecule has 1 saturated carbocycles. The molecule has 118 valence electrons. The van der Waals surface area contributed by atoms with Crippen molar-refractivity contribution < 1.29 is 0 Å². The zero-order valence-corrected chi connectivity index (χ0v) is 13.3. The van der Waals surface area contributed by atoms with Crippen LogP contribution in [0.25, 0.3) is 16.8 Å². The molecule has 1 aliphatic heterocycles. The molecule has 0 aromatic carbocycles. The second-order valence-electron chi connectivity index (χ2n) is 6.21. The van der Waals surface area contributed by atoms with Crippen molar-refractivity contribution in [3.05, 3.63) is 23.6 Å². The Balaban J connectivity index is 1.57. The van der Waals surface area contributed by atoms with Gasteiger partial charge >= 0.3 is 0 Å². The lowest BCUT2D eigenvalue weighted by molar-refractivity contribution is 0.248. The maximum absolute atomic E-state index is 6.07. The first kappa shape index (κ1) is 13.4.